The van der Waals surface area contributed by atoms with Crippen molar-refractivity contribution in [1.29, 1.82) is 0 Å². The minimum atomic E-state index is -0.638. The van der Waals surface area contributed by atoms with Crippen LogP contribution in [0.1, 0.15) is 25.0 Å². The van der Waals surface area contributed by atoms with Crippen molar-refractivity contribution in [3.63, 3.8) is 0 Å². The predicted octanol–water partition coefficient (Wildman–Crippen LogP) is 2.93. The Morgan fingerprint density at radius 3 is 2.46 bits per heavy atom. The molecule has 3 aromatic rings. The van der Waals surface area contributed by atoms with Crippen molar-refractivity contribution in [2.75, 3.05) is 6.54 Å². The molecular formula is C22H25N3O3. The molecule has 146 valence electrons. The number of H-pyrrole nitrogens is 1. The zero-order valence-electron chi connectivity index (χ0n) is 16.1. The van der Waals surface area contributed by atoms with Gasteiger partial charge in [0.25, 0.3) is 0 Å². The number of para-hydroxylation sites is 1. The molecule has 0 radical (unpaired) electrons. The van der Waals surface area contributed by atoms with Gasteiger partial charge in [0.05, 0.1) is 6.10 Å². The van der Waals surface area contributed by atoms with Crippen LogP contribution in [0.25, 0.3) is 10.9 Å². The van der Waals surface area contributed by atoms with Crippen LogP contribution in [0.2, 0.25) is 0 Å². The lowest BCUT2D eigenvalue weighted by atomic mass is 10.1. The molecule has 0 atom stereocenters. The molecule has 3 rings (SSSR count). The third kappa shape index (κ3) is 5.13. The van der Waals surface area contributed by atoms with Gasteiger partial charge in [-0.1, -0.05) is 30.3 Å². The van der Waals surface area contributed by atoms with E-state index in [-0.39, 0.29) is 12.6 Å². The Morgan fingerprint density at radius 1 is 1.00 bits per heavy atom. The van der Waals surface area contributed by atoms with Crippen molar-refractivity contribution >= 4 is 22.7 Å². The van der Waals surface area contributed by atoms with Gasteiger partial charge in [-0.15, -0.1) is 0 Å². The first-order valence-electron chi connectivity index (χ1n) is 9.39. The van der Waals surface area contributed by atoms with Crippen molar-refractivity contribution in [1.82, 2.24) is 15.6 Å². The fraction of sp³-hybridized carbons (Fsp3) is 0.273. The van der Waals surface area contributed by atoms with Crippen LogP contribution < -0.4 is 15.4 Å². The average Bonchev–Trinajstić information content (AvgIpc) is 3.10. The van der Waals surface area contributed by atoms with E-state index < -0.39 is 11.8 Å². The van der Waals surface area contributed by atoms with E-state index in [2.05, 4.69) is 15.6 Å². The van der Waals surface area contributed by atoms with Crippen LogP contribution in [0, 0.1) is 0 Å². The van der Waals surface area contributed by atoms with Crippen molar-refractivity contribution in [2.45, 2.75) is 32.9 Å². The summed E-state index contributed by atoms with van der Waals surface area (Å²) in [6.07, 6.45) is 2.70. The van der Waals surface area contributed by atoms with E-state index in [1.807, 2.05) is 68.6 Å². The summed E-state index contributed by atoms with van der Waals surface area (Å²) in [5, 5.41) is 6.43. The molecule has 0 saturated heterocycles. The Kier molecular flexibility index (Phi) is 6.32. The van der Waals surface area contributed by atoms with Crippen LogP contribution in [0.4, 0.5) is 0 Å². The molecule has 1 aromatic heterocycles. The molecule has 2 amide bonds. The summed E-state index contributed by atoms with van der Waals surface area (Å²) < 4.78 is 5.58. The van der Waals surface area contributed by atoms with E-state index in [0.29, 0.717) is 13.0 Å². The van der Waals surface area contributed by atoms with Gasteiger partial charge >= 0.3 is 11.8 Å². The topological polar surface area (TPSA) is 83.2 Å². The highest BCUT2D eigenvalue weighted by Gasteiger charge is 2.13. The third-order valence-corrected chi connectivity index (χ3v) is 4.31. The fourth-order valence-corrected chi connectivity index (χ4v) is 2.95. The first-order valence-corrected chi connectivity index (χ1v) is 9.39. The van der Waals surface area contributed by atoms with Gasteiger partial charge in [0.2, 0.25) is 0 Å². The molecule has 0 spiro atoms. The molecule has 0 unspecified atom stereocenters. The van der Waals surface area contributed by atoms with Crippen LogP contribution in [0.15, 0.2) is 54.7 Å². The molecule has 0 fully saturated rings. The minimum Gasteiger partial charge on any atom is -0.491 e. The van der Waals surface area contributed by atoms with Gasteiger partial charge in [-0.3, -0.25) is 9.59 Å². The number of carbonyl (C=O) groups excluding carboxylic acids is 2. The summed E-state index contributed by atoms with van der Waals surface area (Å²) in [6, 6.07) is 15.4. The fourth-order valence-electron chi connectivity index (χ4n) is 2.95. The number of aromatic nitrogens is 1. The maximum Gasteiger partial charge on any atom is 0.309 e. The number of hydrogen-bond acceptors (Lipinski definition) is 3. The van der Waals surface area contributed by atoms with Crippen LogP contribution >= 0.6 is 0 Å². The molecule has 0 saturated carbocycles. The van der Waals surface area contributed by atoms with E-state index in [1.54, 1.807) is 0 Å². The lowest BCUT2D eigenvalue weighted by Gasteiger charge is -2.10. The Balaban J connectivity index is 1.42. The van der Waals surface area contributed by atoms with Crippen LogP contribution in [0.3, 0.4) is 0 Å². The molecule has 1 heterocycles. The number of carbonyl (C=O) groups is 2. The summed E-state index contributed by atoms with van der Waals surface area (Å²) in [5.74, 6) is -0.485. The van der Waals surface area contributed by atoms with Crippen molar-refractivity contribution < 1.29 is 14.3 Å². The molecule has 2 aromatic carbocycles. The SMILES string of the molecule is CC(C)Oc1ccc(CNC(=O)C(=O)NCCc2c[nH]c3ccccc23)cc1. The highest BCUT2D eigenvalue weighted by molar-refractivity contribution is 6.35. The molecule has 0 aliphatic rings. The number of benzene rings is 2. The van der Waals surface area contributed by atoms with Gasteiger partial charge in [0.15, 0.2) is 0 Å². The lowest BCUT2D eigenvalue weighted by Crippen LogP contribution is -2.40. The standard InChI is InChI=1S/C22H25N3O3/c1-15(2)28-18-9-7-16(8-10-18)13-25-22(27)21(26)23-12-11-17-14-24-20-6-4-3-5-19(17)20/h3-10,14-15,24H,11-13H2,1-2H3,(H,23,26)(H,25,27). The maximum atomic E-state index is 12.0. The predicted molar refractivity (Wildman–Crippen MR) is 109 cm³/mol. The van der Waals surface area contributed by atoms with Crippen LogP contribution in [0.5, 0.6) is 5.75 Å². The number of nitrogens with one attached hydrogen (secondary N) is 3. The van der Waals surface area contributed by atoms with E-state index in [1.165, 1.54) is 0 Å². The smallest absolute Gasteiger partial charge is 0.309 e. The summed E-state index contributed by atoms with van der Waals surface area (Å²) in [7, 11) is 0. The van der Waals surface area contributed by atoms with E-state index in [4.69, 9.17) is 4.74 Å². The molecule has 6 heteroatoms. The van der Waals surface area contributed by atoms with Gasteiger partial charge in [-0.2, -0.15) is 0 Å². The molecule has 0 aliphatic carbocycles. The first-order chi connectivity index (χ1) is 13.5. The monoisotopic (exact) mass is 379 g/mol. The third-order valence-electron chi connectivity index (χ3n) is 4.31. The van der Waals surface area contributed by atoms with E-state index in [0.717, 1.165) is 27.8 Å². The van der Waals surface area contributed by atoms with Crippen molar-refractivity contribution in [3.8, 4) is 5.75 Å². The zero-order valence-corrected chi connectivity index (χ0v) is 16.1. The second-order valence-corrected chi connectivity index (χ2v) is 6.86. The summed E-state index contributed by atoms with van der Waals surface area (Å²) in [6.45, 7) is 4.61. The van der Waals surface area contributed by atoms with Gasteiger partial charge in [0, 0.05) is 30.2 Å². The second-order valence-electron chi connectivity index (χ2n) is 6.86. The van der Waals surface area contributed by atoms with Gasteiger partial charge in [-0.25, -0.2) is 0 Å². The zero-order chi connectivity index (χ0) is 19.9. The summed E-state index contributed by atoms with van der Waals surface area (Å²) in [4.78, 5) is 27.2. The van der Waals surface area contributed by atoms with Gasteiger partial charge < -0.3 is 20.4 Å². The molecule has 3 N–H and O–H groups in total. The quantitative estimate of drug-likeness (QED) is 0.552. The number of ether oxygens (including phenoxy) is 1. The lowest BCUT2D eigenvalue weighted by molar-refractivity contribution is -0.139. The molecule has 28 heavy (non-hydrogen) atoms. The van der Waals surface area contributed by atoms with Gasteiger partial charge in [-0.05, 0) is 49.6 Å². The normalized spacial score (nSPS) is 10.8. The Morgan fingerprint density at radius 2 is 1.71 bits per heavy atom. The molecule has 0 aliphatic heterocycles. The Hall–Kier alpha value is -3.28. The van der Waals surface area contributed by atoms with Crippen molar-refractivity contribution in [3.05, 3.63) is 65.9 Å². The number of aromatic amines is 1. The van der Waals surface area contributed by atoms with E-state index >= 15 is 0 Å². The molecule has 6 nitrogen and oxygen atoms in total. The van der Waals surface area contributed by atoms with Gasteiger partial charge in [0.1, 0.15) is 5.75 Å². The average molecular weight is 379 g/mol. The Labute approximate surface area is 164 Å². The number of hydrogen-bond donors (Lipinski definition) is 3. The summed E-state index contributed by atoms with van der Waals surface area (Å²) >= 11 is 0. The highest BCUT2D eigenvalue weighted by atomic mass is 16.5. The van der Waals surface area contributed by atoms with Crippen molar-refractivity contribution in [2.24, 2.45) is 0 Å². The number of amides is 2. The number of rotatable bonds is 7. The second kappa shape index (κ2) is 9.08. The number of fused-ring (bicyclic) bond motifs is 1. The van der Waals surface area contributed by atoms with Crippen LogP contribution in [-0.2, 0) is 22.6 Å². The van der Waals surface area contributed by atoms with Crippen LogP contribution in [-0.4, -0.2) is 29.4 Å². The maximum absolute atomic E-state index is 12.0. The largest absolute Gasteiger partial charge is 0.491 e. The first kappa shape index (κ1) is 19.5. The van der Waals surface area contributed by atoms with E-state index in [9.17, 15) is 9.59 Å². The Bertz CT molecular complexity index is 945. The summed E-state index contributed by atoms with van der Waals surface area (Å²) in [5.41, 5.74) is 3.07. The molecule has 0 bridgehead atoms. The highest BCUT2D eigenvalue weighted by Crippen LogP contribution is 2.17. The minimum absolute atomic E-state index is 0.110. The molecular weight excluding hydrogens is 354 g/mol.